The maximum Gasteiger partial charge on any atom is 0.323 e. The van der Waals surface area contributed by atoms with Gasteiger partial charge in [0.2, 0.25) is 11.5 Å². The van der Waals surface area contributed by atoms with Crippen molar-refractivity contribution in [1.82, 2.24) is 15.2 Å². The Labute approximate surface area is 103 Å². The van der Waals surface area contributed by atoms with E-state index in [1.165, 1.54) is 4.90 Å². The minimum Gasteiger partial charge on any atom is -0.480 e. The summed E-state index contributed by atoms with van der Waals surface area (Å²) >= 11 is 0. The van der Waals surface area contributed by atoms with Crippen molar-refractivity contribution in [2.24, 2.45) is 0 Å². The van der Waals surface area contributed by atoms with Gasteiger partial charge < -0.3 is 15.7 Å². The van der Waals surface area contributed by atoms with Gasteiger partial charge in [0.25, 0.3) is 5.91 Å². The van der Waals surface area contributed by atoms with Gasteiger partial charge in [-0.15, -0.1) is 0 Å². The normalized spacial score (nSPS) is 15.8. The van der Waals surface area contributed by atoms with Crippen LogP contribution in [0.4, 0.5) is 5.82 Å². The quantitative estimate of drug-likeness (QED) is 0.782. The Kier molecular flexibility index (Phi) is 3.45. The minimum atomic E-state index is -1.06. The van der Waals surface area contributed by atoms with Crippen LogP contribution in [0.15, 0.2) is 4.63 Å². The first-order chi connectivity index (χ1) is 8.59. The van der Waals surface area contributed by atoms with E-state index in [0.29, 0.717) is 0 Å². The molecule has 0 saturated heterocycles. The number of aromatic nitrogens is 2. The number of hydrogen-bond acceptors (Lipinski definition) is 6. The summed E-state index contributed by atoms with van der Waals surface area (Å²) in [6, 6.07) is -0.0790. The molecule has 1 aromatic heterocycles. The monoisotopic (exact) mass is 254 g/mol. The van der Waals surface area contributed by atoms with Gasteiger partial charge in [-0.25, -0.2) is 4.63 Å². The average molecular weight is 254 g/mol. The number of carbonyl (C=O) groups excluding carboxylic acids is 1. The predicted molar refractivity (Wildman–Crippen MR) is 59.6 cm³/mol. The van der Waals surface area contributed by atoms with Crippen molar-refractivity contribution in [3.63, 3.8) is 0 Å². The fourth-order valence-electron chi connectivity index (χ4n) is 2.21. The van der Waals surface area contributed by atoms with Gasteiger partial charge in [0.05, 0.1) is 0 Å². The van der Waals surface area contributed by atoms with E-state index in [4.69, 9.17) is 10.8 Å². The van der Waals surface area contributed by atoms with Crippen LogP contribution in [0.3, 0.4) is 0 Å². The average Bonchev–Trinajstić information content (AvgIpc) is 2.95. The van der Waals surface area contributed by atoms with Crippen LogP contribution >= 0.6 is 0 Å². The molecule has 1 saturated carbocycles. The van der Waals surface area contributed by atoms with Gasteiger partial charge in [0.1, 0.15) is 6.54 Å². The molecule has 0 unspecified atom stereocenters. The molecular formula is C10H14N4O4. The summed E-state index contributed by atoms with van der Waals surface area (Å²) in [6.45, 7) is -0.365. The van der Waals surface area contributed by atoms with Gasteiger partial charge in [0.15, 0.2) is 0 Å². The molecule has 1 amide bonds. The summed E-state index contributed by atoms with van der Waals surface area (Å²) < 4.78 is 4.36. The second-order valence-corrected chi connectivity index (χ2v) is 4.26. The number of amides is 1. The smallest absolute Gasteiger partial charge is 0.323 e. The van der Waals surface area contributed by atoms with Gasteiger partial charge >= 0.3 is 5.97 Å². The van der Waals surface area contributed by atoms with E-state index >= 15 is 0 Å². The van der Waals surface area contributed by atoms with Gasteiger partial charge in [0, 0.05) is 6.04 Å². The summed E-state index contributed by atoms with van der Waals surface area (Å²) in [6.07, 6.45) is 3.57. The second kappa shape index (κ2) is 5.03. The van der Waals surface area contributed by atoms with Crippen molar-refractivity contribution < 1.29 is 19.3 Å². The number of nitrogen functional groups attached to an aromatic ring is 1. The molecule has 0 bridgehead atoms. The predicted octanol–water partition coefficient (Wildman–Crippen LogP) is 0.121. The van der Waals surface area contributed by atoms with E-state index in [-0.39, 0.29) is 24.1 Å². The van der Waals surface area contributed by atoms with Crippen LogP contribution in [0.1, 0.15) is 36.2 Å². The molecule has 0 atom stereocenters. The number of nitrogens with two attached hydrogens (primary N) is 1. The standard InChI is InChI=1S/C10H14N4O4/c11-9-8(12-18-13-9)10(17)14(5-7(15)16)6-3-1-2-4-6/h6H,1-5H2,(H2,11,13)(H,15,16). The van der Waals surface area contributed by atoms with Crippen molar-refractivity contribution >= 4 is 17.7 Å². The Balaban J connectivity index is 2.20. The molecule has 1 aromatic rings. The van der Waals surface area contributed by atoms with Crippen LogP contribution in [-0.4, -0.2) is 44.8 Å². The molecule has 1 heterocycles. The fourth-order valence-corrected chi connectivity index (χ4v) is 2.21. The lowest BCUT2D eigenvalue weighted by molar-refractivity contribution is -0.138. The third-order valence-corrected chi connectivity index (χ3v) is 3.05. The van der Waals surface area contributed by atoms with Gasteiger partial charge in [-0.2, -0.15) is 0 Å². The van der Waals surface area contributed by atoms with E-state index in [1.54, 1.807) is 0 Å². The van der Waals surface area contributed by atoms with E-state index in [1.807, 2.05) is 0 Å². The Morgan fingerprint density at radius 2 is 2.06 bits per heavy atom. The van der Waals surface area contributed by atoms with E-state index in [9.17, 15) is 9.59 Å². The highest BCUT2D eigenvalue weighted by Crippen LogP contribution is 2.25. The lowest BCUT2D eigenvalue weighted by atomic mass is 10.2. The summed E-state index contributed by atoms with van der Waals surface area (Å²) in [5, 5.41) is 15.6. The number of nitrogens with zero attached hydrogens (tertiary/aromatic N) is 3. The molecule has 2 rings (SSSR count). The Hall–Kier alpha value is -2.12. The number of hydrogen-bond donors (Lipinski definition) is 2. The molecule has 1 fully saturated rings. The molecule has 0 aliphatic heterocycles. The Bertz CT molecular complexity index is 452. The van der Waals surface area contributed by atoms with E-state index in [2.05, 4.69) is 14.9 Å². The molecule has 8 nitrogen and oxygen atoms in total. The zero-order chi connectivity index (χ0) is 13.1. The number of carboxylic acid groups (broad SMARTS) is 1. The summed E-state index contributed by atoms with van der Waals surface area (Å²) in [7, 11) is 0. The molecule has 0 aromatic carbocycles. The first-order valence-corrected chi connectivity index (χ1v) is 5.70. The van der Waals surface area contributed by atoms with E-state index in [0.717, 1.165) is 25.7 Å². The third-order valence-electron chi connectivity index (χ3n) is 3.05. The van der Waals surface area contributed by atoms with Crippen LogP contribution in [0.2, 0.25) is 0 Å². The van der Waals surface area contributed by atoms with Gasteiger partial charge in [-0.05, 0) is 23.2 Å². The van der Waals surface area contributed by atoms with Crippen LogP contribution in [-0.2, 0) is 4.79 Å². The second-order valence-electron chi connectivity index (χ2n) is 4.26. The lowest BCUT2D eigenvalue weighted by Crippen LogP contribution is -2.42. The van der Waals surface area contributed by atoms with Crippen LogP contribution in [0.5, 0.6) is 0 Å². The first-order valence-electron chi connectivity index (χ1n) is 5.70. The van der Waals surface area contributed by atoms with Crippen LogP contribution in [0.25, 0.3) is 0 Å². The maximum absolute atomic E-state index is 12.2. The van der Waals surface area contributed by atoms with Gasteiger partial charge in [-0.3, -0.25) is 9.59 Å². The van der Waals surface area contributed by atoms with Crippen molar-refractivity contribution in [3.8, 4) is 0 Å². The topological polar surface area (TPSA) is 123 Å². The van der Waals surface area contributed by atoms with Gasteiger partial charge in [-0.1, -0.05) is 12.8 Å². The number of anilines is 1. The summed E-state index contributed by atoms with van der Waals surface area (Å²) in [4.78, 5) is 24.3. The van der Waals surface area contributed by atoms with Crippen LogP contribution < -0.4 is 5.73 Å². The van der Waals surface area contributed by atoms with Crippen molar-refractivity contribution in [2.75, 3.05) is 12.3 Å². The molecular weight excluding hydrogens is 240 g/mol. The third kappa shape index (κ3) is 2.41. The highest BCUT2D eigenvalue weighted by atomic mass is 16.6. The number of aliphatic carboxylic acids is 1. The summed E-state index contributed by atoms with van der Waals surface area (Å²) in [5.74, 6) is -1.72. The highest BCUT2D eigenvalue weighted by Gasteiger charge is 2.32. The van der Waals surface area contributed by atoms with E-state index < -0.39 is 11.9 Å². The minimum absolute atomic E-state index is 0.0790. The maximum atomic E-state index is 12.2. The molecule has 1 aliphatic rings. The van der Waals surface area contributed by atoms with Crippen molar-refractivity contribution in [2.45, 2.75) is 31.7 Å². The van der Waals surface area contributed by atoms with Crippen LogP contribution in [0, 0.1) is 0 Å². The van der Waals surface area contributed by atoms with Crippen molar-refractivity contribution in [3.05, 3.63) is 5.69 Å². The molecule has 0 spiro atoms. The van der Waals surface area contributed by atoms with Crippen molar-refractivity contribution in [1.29, 1.82) is 0 Å². The lowest BCUT2D eigenvalue weighted by Gasteiger charge is -2.26. The molecule has 98 valence electrons. The zero-order valence-corrected chi connectivity index (χ0v) is 9.70. The fraction of sp³-hybridized carbons (Fsp3) is 0.600. The molecule has 0 radical (unpaired) electrons. The SMILES string of the molecule is Nc1nonc1C(=O)N(CC(=O)O)C1CCCC1. The summed E-state index contributed by atoms with van der Waals surface area (Å²) in [5.41, 5.74) is 5.32. The number of carbonyl (C=O) groups is 2. The molecule has 8 heteroatoms. The largest absolute Gasteiger partial charge is 0.480 e. The number of carboxylic acids is 1. The zero-order valence-electron chi connectivity index (χ0n) is 9.70. The Morgan fingerprint density at radius 3 is 2.56 bits per heavy atom. The Morgan fingerprint density at radius 1 is 1.39 bits per heavy atom. The first kappa shape index (κ1) is 12.3. The number of rotatable bonds is 4. The highest BCUT2D eigenvalue weighted by molar-refractivity contribution is 5.97. The molecule has 18 heavy (non-hydrogen) atoms. The molecule has 3 N–H and O–H groups in total. The molecule has 1 aliphatic carbocycles.